The normalized spacial score (nSPS) is 10.8. The molecule has 9 nitrogen and oxygen atoms in total. The maximum Gasteiger partial charge on any atom is 0.343 e. The molecule has 0 atom stereocenters. The van der Waals surface area contributed by atoms with Crippen LogP contribution in [0.4, 0.5) is 11.6 Å². The first kappa shape index (κ1) is 18.8. The van der Waals surface area contributed by atoms with E-state index in [1.54, 1.807) is 30.1 Å². The van der Waals surface area contributed by atoms with Crippen molar-refractivity contribution in [3.05, 3.63) is 54.5 Å². The number of rotatable bonds is 6. The second-order valence-corrected chi connectivity index (χ2v) is 6.56. The summed E-state index contributed by atoms with van der Waals surface area (Å²) in [6.45, 7) is 2.00. The van der Waals surface area contributed by atoms with Crippen molar-refractivity contribution < 1.29 is 9.53 Å². The van der Waals surface area contributed by atoms with Gasteiger partial charge < -0.3 is 10.1 Å². The molecule has 0 spiro atoms. The zero-order valence-electron chi connectivity index (χ0n) is 15.7. The molecule has 0 aliphatic heterocycles. The molecule has 0 aliphatic carbocycles. The van der Waals surface area contributed by atoms with Gasteiger partial charge in [0.25, 0.3) is 5.95 Å². The van der Waals surface area contributed by atoms with E-state index in [0.717, 1.165) is 10.9 Å². The number of hydrogen-bond acceptors (Lipinski definition) is 9. The summed E-state index contributed by atoms with van der Waals surface area (Å²) in [5.41, 5.74) is 1.05. The van der Waals surface area contributed by atoms with Crippen molar-refractivity contribution in [2.24, 2.45) is 0 Å². The van der Waals surface area contributed by atoms with Crippen molar-refractivity contribution in [2.75, 3.05) is 18.2 Å². The van der Waals surface area contributed by atoms with E-state index >= 15 is 0 Å². The fourth-order valence-corrected chi connectivity index (χ4v) is 3.08. The lowest BCUT2D eigenvalue weighted by Gasteiger charge is -2.09. The van der Waals surface area contributed by atoms with Gasteiger partial charge in [0.05, 0.1) is 12.1 Å². The summed E-state index contributed by atoms with van der Waals surface area (Å²) in [5, 5.41) is 9.14. The molecule has 0 radical (unpaired) electrons. The highest BCUT2D eigenvalue weighted by Gasteiger charge is 2.19. The number of esters is 1. The van der Waals surface area contributed by atoms with Crippen LogP contribution < -0.4 is 5.32 Å². The van der Waals surface area contributed by atoms with Gasteiger partial charge in [0, 0.05) is 24.0 Å². The highest BCUT2D eigenvalue weighted by atomic mass is 32.2. The van der Waals surface area contributed by atoms with Gasteiger partial charge in [-0.05, 0) is 31.4 Å². The molecule has 0 saturated heterocycles. The second-order valence-electron chi connectivity index (χ2n) is 5.79. The molecule has 3 aromatic heterocycles. The molecule has 4 rings (SSSR count). The number of benzene rings is 1. The summed E-state index contributed by atoms with van der Waals surface area (Å²) < 4.78 is 6.77. The minimum Gasteiger partial charge on any atom is -0.462 e. The lowest BCUT2D eigenvalue weighted by molar-refractivity contribution is 0.0526. The number of fused-ring (bicyclic) bond motifs is 1. The van der Waals surface area contributed by atoms with E-state index in [0.29, 0.717) is 22.7 Å². The number of aromatic nitrogens is 6. The van der Waals surface area contributed by atoms with Gasteiger partial charge in [0.1, 0.15) is 5.56 Å². The van der Waals surface area contributed by atoms with Crippen molar-refractivity contribution in [1.29, 1.82) is 0 Å². The summed E-state index contributed by atoms with van der Waals surface area (Å²) in [7, 11) is 0. The Kier molecular flexibility index (Phi) is 5.34. The van der Waals surface area contributed by atoms with Gasteiger partial charge in [-0.3, -0.25) is 0 Å². The molecule has 4 aromatic rings. The van der Waals surface area contributed by atoms with Crippen molar-refractivity contribution in [1.82, 2.24) is 29.7 Å². The SMILES string of the molecule is CCOC(=O)c1cnc(SC)nc1Nc1nn(-c2ncccn2)c2ccccc12. The van der Waals surface area contributed by atoms with E-state index < -0.39 is 5.97 Å². The van der Waals surface area contributed by atoms with Gasteiger partial charge >= 0.3 is 5.97 Å². The smallest absolute Gasteiger partial charge is 0.343 e. The van der Waals surface area contributed by atoms with E-state index in [2.05, 4.69) is 30.4 Å². The number of nitrogens with one attached hydrogen (secondary N) is 1. The predicted molar refractivity (Wildman–Crippen MR) is 110 cm³/mol. The average Bonchev–Trinajstić information content (AvgIpc) is 3.13. The highest BCUT2D eigenvalue weighted by molar-refractivity contribution is 7.98. The number of hydrogen-bond donors (Lipinski definition) is 1. The Balaban J connectivity index is 1.82. The zero-order valence-corrected chi connectivity index (χ0v) is 16.6. The van der Waals surface area contributed by atoms with Crippen molar-refractivity contribution in [3.63, 3.8) is 0 Å². The topological polar surface area (TPSA) is 108 Å². The fourth-order valence-electron chi connectivity index (χ4n) is 2.74. The molecule has 1 aromatic carbocycles. The van der Waals surface area contributed by atoms with Crippen LogP contribution in [0, 0.1) is 0 Å². The third-order valence-electron chi connectivity index (χ3n) is 4.01. The van der Waals surface area contributed by atoms with E-state index in [1.807, 2.05) is 30.5 Å². The monoisotopic (exact) mass is 407 g/mol. The maximum atomic E-state index is 12.4. The quantitative estimate of drug-likeness (QED) is 0.293. The van der Waals surface area contributed by atoms with Crippen molar-refractivity contribution >= 4 is 40.3 Å². The van der Waals surface area contributed by atoms with Crippen LogP contribution in [0.1, 0.15) is 17.3 Å². The Morgan fingerprint density at radius 3 is 2.69 bits per heavy atom. The molecular weight excluding hydrogens is 390 g/mol. The summed E-state index contributed by atoms with van der Waals surface area (Å²) >= 11 is 1.37. The van der Waals surface area contributed by atoms with Gasteiger partial charge in [-0.1, -0.05) is 23.9 Å². The number of carbonyl (C=O) groups is 1. The Bertz CT molecular complexity index is 1160. The van der Waals surface area contributed by atoms with Crippen LogP contribution in [-0.4, -0.2) is 48.5 Å². The van der Waals surface area contributed by atoms with Crippen LogP contribution in [0.3, 0.4) is 0 Å². The van der Waals surface area contributed by atoms with Crippen LogP contribution in [0.2, 0.25) is 0 Å². The first-order valence-electron chi connectivity index (χ1n) is 8.81. The van der Waals surface area contributed by atoms with Crippen LogP contribution >= 0.6 is 11.8 Å². The molecule has 3 heterocycles. The highest BCUT2D eigenvalue weighted by Crippen LogP contribution is 2.28. The third kappa shape index (κ3) is 3.74. The first-order valence-corrected chi connectivity index (χ1v) is 10.0. The maximum absolute atomic E-state index is 12.4. The predicted octanol–water partition coefficient (Wildman–Crippen LogP) is 3.25. The molecule has 0 saturated carbocycles. The van der Waals surface area contributed by atoms with Crippen molar-refractivity contribution in [3.8, 4) is 5.95 Å². The fraction of sp³-hybridized carbons (Fsp3) is 0.158. The number of nitrogens with zero attached hydrogens (tertiary/aromatic N) is 6. The average molecular weight is 407 g/mol. The van der Waals surface area contributed by atoms with Gasteiger partial charge in [-0.25, -0.2) is 24.7 Å². The molecule has 1 N–H and O–H groups in total. The summed E-state index contributed by atoms with van der Waals surface area (Å²) in [6, 6.07) is 9.40. The Morgan fingerprint density at radius 1 is 1.14 bits per heavy atom. The lowest BCUT2D eigenvalue weighted by atomic mass is 10.2. The molecule has 0 aliphatic rings. The van der Waals surface area contributed by atoms with E-state index in [-0.39, 0.29) is 12.2 Å². The summed E-state index contributed by atoms with van der Waals surface area (Å²) in [4.78, 5) is 29.5. The number of ether oxygens (including phenoxy) is 1. The number of thioether (sulfide) groups is 1. The first-order chi connectivity index (χ1) is 14.2. The molecule has 29 heavy (non-hydrogen) atoms. The Morgan fingerprint density at radius 2 is 1.93 bits per heavy atom. The zero-order chi connectivity index (χ0) is 20.2. The van der Waals surface area contributed by atoms with Gasteiger partial charge in [-0.15, -0.1) is 5.10 Å². The third-order valence-corrected chi connectivity index (χ3v) is 4.57. The molecule has 146 valence electrons. The van der Waals surface area contributed by atoms with Crippen LogP contribution in [0.5, 0.6) is 0 Å². The molecule has 0 amide bonds. The molecule has 0 fully saturated rings. The molecular formula is C19H17N7O2S. The number of anilines is 2. The van der Waals surface area contributed by atoms with Gasteiger partial charge in [-0.2, -0.15) is 4.68 Å². The lowest BCUT2D eigenvalue weighted by Crippen LogP contribution is -2.11. The summed E-state index contributed by atoms with van der Waals surface area (Å²) in [5.74, 6) is 0.782. The largest absolute Gasteiger partial charge is 0.462 e. The van der Waals surface area contributed by atoms with E-state index in [4.69, 9.17) is 4.74 Å². The van der Waals surface area contributed by atoms with E-state index in [9.17, 15) is 4.79 Å². The minimum atomic E-state index is -0.502. The molecule has 0 unspecified atom stereocenters. The number of para-hydroxylation sites is 1. The van der Waals surface area contributed by atoms with Gasteiger partial charge in [0.2, 0.25) is 0 Å². The van der Waals surface area contributed by atoms with Crippen LogP contribution in [-0.2, 0) is 4.74 Å². The van der Waals surface area contributed by atoms with Crippen LogP contribution in [0.15, 0.2) is 54.1 Å². The number of carbonyl (C=O) groups excluding carboxylic acids is 1. The minimum absolute atomic E-state index is 0.235. The second kappa shape index (κ2) is 8.23. The van der Waals surface area contributed by atoms with E-state index in [1.165, 1.54) is 18.0 Å². The van der Waals surface area contributed by atoms with Gasteiger partial charge in [0.15, 0.2) is 16.8 Å². The van der Waals surface area contributed by atoms with Crippen molar-refractivity contribution in [2.45, 2.75) is 12.1 Å². The Labute approximate surface area is 170 Å². The summed E-state index contributed by atoms with van der Waals surface area (Å²) in [6.07, 6.45) is 6.62. The standard InChI is InChI=1S/C19H17N7O2S/c1-3-28-17(27)13-11-22-19(29-2)24-15(13)23-16-12-7-4-5-8-14(12)26(25-16)18-20-9-6-10-21-18/h4-11H,3H2,1-2H3,(H,22,23,24,25). The van der Waals surface area contributed by atoms with Crippen LogP contribution in [0.25, 0.3) is 16.9 Å². The molecule has 10 heteroatoms. The molecule has 0 bridgehead atoms. The Hall–Kier alpha value is -3.53.